The van der Waals surface area contributed by atoms with Crippen LogP contribution in [0.25, 0.3) is 0 Å². The predicted molar refractivity (Wildman–Crippen MR) is 124 cm³/mol. The van der Waals surface area contributed by atoms with Crippen molar-refractivity contribution in [2.24, 2.45) is 11.8 Å². The summed E-state index contributed by atoms with van der Waals surface area (Å²) in [4.78, 5) is 45.7. The molecule has 1 aromatic heterocycles. The van der Waals surface area contributed by atoms with Gasteiger partial charge in [-0.3, -0.25) is 19.3 Å². The summed E-state index contributed by atoms with van der Waals surface area (Å²) in [5, 5.41) is 10.0. The lowest BCUT2D eigenvalue weighted by molar-refractivity contribution is -0.153. The molecule has 1 aromatic rings. The van der Waals surface area contributed by atoms with E-state index in [4.69, 9.17) is 9.90 Å². The minimum atomic E-state index is -0.250. The third-order valence-corrected chi connectivity index (χ3v) is 6.95. The van der Waals surface area contributed by atoms with E-state index in [1.54, 1.807) is 6.33 Å². The lowest BCUT2D eigenvalue weighted by Gasteiger charge is -2.56. The highest BCUT2D eigenvalue weighted by molar-refractivity contribution is 5.78. The van der Waals surface area contributed by atoms with E-state index in [2.05, 4.69) is 45.0 Å². The number of imidazole rings is 1. The molecule has 3 aliphatic heterocycles. The van der Waals surface area contributed by atoms with Crippen molar-refractivity contribution >= 4 is 18.3 Å². The van der Waals surface area contributed by atoms with E-state index in [9.17, 15) is 9.59 Å². The standard InChI is InChI=1S/C23H35N5O2.CH2O2/c1-16(2)5-3-7-22(29)25-11-21-18-9-17(20-6-4-8-23(30)28(20)21)12-27(13-18)14-19-10-24-15-26-19;2-1-3/h5,10,15,17-18,20-21H,3-4,6-9,11-14H2,1-2H3,(H,24,26)(H,25,29);1H,(H,2,3)/t17-,18+,20+,21+;/m1./s1. The number of carbonyl (C=O) groups is 3. The van der Waals surface area contributed by atoms with Crippen molar-refractivity contribution in [1.82, 2.24) is 25.1 Å². The Bertz CT molecular complexity index is 821. The van der Waals surface area contributed by atoms with Gasteiger partial charge in [0.05, 0.1) is 12.4 Å². The molecule has 9 heteroatoms. The van der Waals surface area contributed by atoms with E-state index in [-0.39, 0.29) is 24.3 Å². The highest BCUT2D eigenvalue weighted by Crippen LogP contribution is 2.41. The minimum Gasteiger partial charge on any atom is -0.483 e. The Labute approximate surface area is 195 Å². The third kappa shape index (κ3) is 6.66. The predicted octanol–water partition coefficient (Wildman–Crippen LogP) is 2.17. The third-order valence-electron chi connectivity index (χ3n) is 6.95. The second-order valence-corrected chi connectivity index (χ2v) is 9.58. The van der Waals surface area contributed by atoms with Gasteiger partial charge >= 0.3 is 0 Å². The summed E-state index contributed by atoms with van der Waals surface area (Å²) in [7, 11) is 0. The van der Waals surface area contributed by atoms with Crippen LogP contribution in [0, 0.1) is 11.8 Å². The van der Waals surface area contributed by atoms with E-state index in [0.717, 1.165) is 51.0 Å². The van der Waals surface area contributed by atoms with Gasteiger partial charge in [-0.15, -0.1) is 0 Å². The largest absolute Gasteiger partial charge is 0.483 e. The molecular formula is C24H37N5O4. The first kappa shape index (κ1) is 25.0. The second kappa shape index (κ2) is 12.0. The monoisotopic (exact) mass is 459 g/mol. The van der Waals surface area contributed by atoms with Crippen molar-refractivity contribution in [3.8, 4) is 0 Å². The van der Waals surface area contributed by atoms with Gasteiger partial charge in [-0.1, -0.05) is 11.6 Å². The maximum Gasteiger partial charge on any atom is 0.290 e. The van der Waals surface area contributed by atoms with Crippen molar-refractivity contribution in [3.05, 3.63) is 29.9 Å². The molecule has 182 valence electrons. The van der Waals surface area contributed by atoms with E-state index in [1.165, 1.54) is 5.57 Å². The first-order valence-corrected chi connectivity index (χ1v) is 11.9. The maximum absolute atomic E-state index is 12.9. The molecule has 4 atom stereocenters. The summed E-state index contributed by atoms with van der Waals surface area (Å²) in [6.45, 7) is 7.30. The first-order valence-electron chi connectivity index (χ1n) is 11.9. The normalized spacial score (nSPS) is 26.5. The summed E-state index contributed by atoms with van der Waals surface area (Å²) < 4.78 is 0. The first-order chi connectivity index (χ1) is 15.9. The van der Waals surface area contributed by atoms with Crippen LogP contribution in [-0.2, 0) is 20.9 Å². The lowest BCUT2D eigenvalue weighted by Crippen LogP contribution is -2.67. The van der Waals surface area contributed by atoms with E-state index >= 15 is 0 Å². The molecule has 0 aliphatic carbocycles. The van der Waals surface area contributed by atoms with Gasteiger partial charge in [0, 0.05) is 57.0 Å². The number of nitrogens with zero attached hydrogens (tertiary/aromatic N) is 3. The van der Waals surface area contributed by atoms with Crippen molar-refractivity contribution < 1.29 is 19.5 Å². The number of fused-ring (bicyclic) bond motifs is 4. The fourth-order valence-electron chi connectivity index (χ4n) is 5.67. The molecule has 9 nitrogen and oxygen atoms in total. The molecule has 3 fully saturated rings. The van der Waals surface area contributed by atoms with Gasteiger partial charge in [0.15, 0.2) is 0 Å². The number of aromatic nitrogens is 2. The molecule has 0 spiro atoms. The fourth-order valence-corrected chi connectivity index (χ4v) is 5.67. The molecule has 2 bridgehead atoms. The summed E-state index contributed by atoms with van der Waals surface area (Å²) in [6, 6.07) is 0.427. The molecule has 0 aromatic carbocycles. The van der Waals surface area contributed by atoms with Crippen LogP contribution in [0.2, 0.25) is 0 Å². The smallest absolute Gasteiger partial charge is 0.290 e. The average molecular weight is 460 g/mol. The molecule has 3 aliphatic rings. The molecule has 0 saturated carbocycles. The van der Waals surface area contributed by atoms with E-state index < -0.39 is 0 Å². The number of carboxylic acid groups (broad SMARTS) is 1. The Morgan fingerprint density at radius 1 is 1.33 bits per heavy atom. The van der Waals surface area contributed by atoms with Crippen molar-refractivity contribution in [3.63, 3.8) is 0 Å². The number of allylic oxidation sites excluding steroid dienone is 2. The molecule has 33 heavy (non-hydrogen) atoms. The van der Waals surface area contributed by atoms with Crippen LogP contribution in [0.15, 0.2) is 24.2 Å². The number of nitrogens with one attached hydrogen (secondary N) is 2. The van der Waals surface area contributed by atoms with Gasteiger partial charge in [-0.25, -0.2) is 4.98 Å². The zero-order valence-corrected chi connectivity index (χ0v) is 19.7. The van der Waals surface area contributed by atoms with Gasteiger partial charge in [0.1, 0.15) is 0 Å². The van der Waals surface area contributed by atoms with Gasteiger partial charge in [-0.05, 0) is 51.4 Å². The molecule has 4 rings (SSSR count). The van der Waals surface area contributed by atoms with Crippen LogP contribution in [-0.4, -0.2) is 74.9 Å². The minimum absolute atomic E-state index is 0.0840. The number of H-pyrrole nitrogens is 1. The van der Waals surface area contributed by atoms with Gasteiger partial charge in [0.2, 0.25) is 11.8 Å². The summed E-state index contributed by atoms with van der Waals surface area (Å²) in [6.07, 6.45) is 10.9. The van der Waals surface area contributed by atoms with Crippen LogP contribution in [0.5, 0.6) is 0 Å². The summed E-state index contributed by atoms with van der Waals surface area (Å²) in [5.41, 5.74) is 2.37. The number of amides is 2. The topological polar surface area (TPSA) is 119 Å². The zero-order chi connectivity index (χ0) is 23.8. The Morgan fingerprint density at radius 3 is 2.79 bits per heavy atom. The van der Waals surface area contributed by atoms with Crippen LogP contribution in [0.1, 0.15) is 58.1 Å². The number of piperidine rings is 3. The number of likely N-dealkylation sites (tertiary alicyclic amines) is 1. The van der Waals surface area contributed by atoms with Gasteiger partial charge < -0.3 is 20.3 Å². The van der Waals surface area contributed by atoms with Crippen molar-refractivity contribution in [1.29, 1.82) is 0 Å². The second-order valence-electron chi connectivity index (χ2n) is 9.58. The molecule has 3 N–H and O–H groups in total. The molecule has 0 unspecified atom stereocenters. The van der Waals surface area contributed by atoms with Crippen molar-refractivity contribution in [2.75, 3.05) is 19.6 Å². The van der Waals surface area contributed by atoms with Crippen LogP contribution < -0.4 is 5.32 Å². The molecule has 0 radical (unpaired) electrons. The number of hydrogen-bond donors (Lipinski definition) is 3. The SMILES string of the molecule is CC(C)=CCCC(=O)NC[C@H]1[C@H]2C[C@H](CN(Cc3cnc[nH]3)C2)[C@@H]2CCCC(=O)N21.O=CO. The molecule has 2 amide bonds. The Kier molecular flexibility index (Phi) is 9.05. The highest BCUT2D eigenvalue weighted by atomic mass is 16.3. The molecular weight excluding hydrogens is 422 g/mol. The molecule has 3 saturated heterocycles. The Hall–Kier alpha value is -2.68. The van der Waals surface area contributed by atoms with E-state index in [1.807, 2.05) is 6.20 Å². The summed E-state index contributed by atoms with van der Waals surface area (Å²) in [5.74, 6) is 1.30. The van der Waals surface area contributed by atoms with Gasteiger partial charge in [0.25, 0.3) is 6.47 Å². The highest BCUT2D eigenvalue weighted by Gasteiger charge is 2.49. The number of hydrogen-bond acceptors (Lipinski definition) is 5. The Balaban J connectivity index is 0.000000968. The molecule has 4 heterocycles. The fraction of sp³-hybridized carbons (Fsp3) is 0.667. The average Bonchev–Trinajstić information content (AvgIpc) is 3.27. The van der Waals surface area contributed by atoms with Crippen LogP contribution in [0.4, 0.5) is 0 Å². The van der Waals surface area contributed by atoms with E-state index in [0.29, 0.717) is 37.3 Å². The number of carbonyl (C=O) groups excluding carboxylic acids is 2. The number of aromatic amines is 1. The zero-order valence-electron chi connectivity index (χ0n) is 19.7. The Morgan fingerprint density at radius 2 is 2.09 bits per heavy atom. The van der Waals surface area contributed by atoms with Crippen LogP contribution >= 0.6 is 0 Å². The number of rotatable bonds is 7. The van der Waals surface area contributed by atoms with Crippen LogP contribution in [0.3, 0.4) is 0 Å². The lowest BCUT2D eigenvalue weighted by atomic mass is 9.72. The van der Waals surface area contributed by atoms with Crippen molar-refractivity contribution in [2.45, 2.75) is 71.0 Å². The maximum atomic E-state index is 12.9. The van der Waals surface area contributed by atoms with Gasteiger partial charge in [-0.2, -0.15) is 0 Å². The quantitative estimate of drug-likeness (QED) is 0.425. The summed E-state index contributed by atoms with van der Waals surface area (Å²) >= 11 is 0.